The van der Waals surface area contributed by atoms with Gasteiger partial charge in [-0.2, -0.15) is 5.10 Å². The molecule has 0 aliphatic rings. The molecule has 1 heterocycles. The minimum atomic E-state index is -0.772. The molecule has 0 bridgehead atoms. The number of nitrogens with zero attached hydrogens (tertiary/aromatic N) is 2. The highest BCUT2D eigenvalue weighted by molar-refractivity contribution is 6.30. The van der Waals surface area contributed by atoms with Crippen LogP contribution in [0.25, 0.3) is 10.9 Å². The number of hydrogen-bond donors (Lipinski definition) is 2. The number of carbonyl (C=O) groups excluding carboxylic acids is 1. The number of halogens is 1. The van der Waals surface area contributed by atoms with E-state index >= 15 is 0 Å². The summed E-state index contributed by atoms with van der Waals surface area (Å²) in [7, 11) is 0. The normalized spacial score (nSPS) is 11.2. The smallest absolute Gasteiger partial charge is 0.280 e. The maximum absolute atomic E-state index is 12.8. The van der Waals surface area contributed by atoms with Crippen LogP contribution in [0.3, 0.4) is 0 Å². The first-order valence-corrected chi connectivity index (χ1v) is 8.84. The van der Waals surface area contributed by atoms with Crippen LogP contribution in [0.15, 0.2) is 58.4 Å². The summed E-state index contributed by atoms with van der Waals surface area (Å²) in [6, 6.07) is 13.9. The Morgan fingerprint density at radius 2 is 2.04 bits per heavy atom. The molecule has 138 valence electrons. The Hall–Kier alpha value is -3.12. The highest BCUT2D eigenvalue weighted by Gasteiger charge is 2.21. The molecule has 7 heteroatoms. The van der Waals surface area contributed by atoms with Crippen LogP contribution in [0.5, 0.6) is 5.75 Å². The topological polar surface area (TPSA) is 83.7 Å². The fraction of sp³-hybridized carbons (Fsp3) is 0.150. The van der Waals surface area contributed by atoms with Crippen molar-refractivity contribution in [2.24, 2.45) is 5.10 Å². The van der Waals surface area contributed by atoms with E-state index in [-0.39, 0.29) is 11.3 Å². The lowest BCUT2D eigenvalue weighted by Gasteiger charge is -2.13. The van der Waals surface area contributed by atoms with Crippen LogP contribution in [-0.4, -0.2) is 21.8 Å². The summed E-state index contributed by atoms with van der Waals surface area (Å²) in [4.78, 5) is 25.3. The number of para-hydroxylation sites is 1. The number of carbonyl (C=O) groups is 1. The molecule has 0 saturated heterocycles. The quantitative estimate of drug-likeness (QED) is 0.522. The number of nitrogens with one attached hydrogen (secondary N) is 1. The molecule has 0 unspecified atom stereocenters. The van der Waals surface area contributed by atoms with E-state index in [2.05, 4.69) is 10.5 Å². The predicted octanol–water partition coefficient (Wildman–Crippen LogP) is 3.53. The van der Waals surface area contributed by atoms with Crippen LogP contribution in [0.4, 0.5) is 0 Å². The molecule has 2 aromatic carbocycles. The molecule has 2 N–H and O–H groups in total. The van der Waals surface area contributed by atoms with Gasteiger partial charge in [-0.25, -0.2) is 5.43 Å². The first-order chi connectivity index (χ1) is 13.0. The number of aromatic nitrogens is 1. The van der Waals surface area contributed by atoms with Crippen LogP contribution >= 0.6 is 11.6 Å². The number of hydrogen-bond acceptors (Lipinski definition) is 4. The van der Waals surface area contributed by atoms with E-state index in [1.807, 2.05) is 6.92 Å². The van der Waals surface area contributed by atoms with Gasteiger partial charge in [-0.3, -0.25) is 9.59 Å². The van der Waals surface area contributed by atoms with Crippen molar-refractivity contribution in [3.63, 3.8) is 0 Å². The third-order valence-corrected chi connectivity index (χ3v) is 4.28. The standard InChI is InChI=1S/C20H18ClN3O3/c1-2-10-24-16-9-4-3-8-15(16)18(25)17(20(24)27)19(26)23-22-12-13-6-5-7-14(21)11-13/h3-9,11-12,25H,2,10H2,1H3,(H,23,26). The zero-order valence-electron chi connectivity index (χ0n) is 14.6. The van der Waals surface area contributed by atoms with Crippen molar-refractivity contribution >= 4 is 34.6 Å². The Morgan fingerprint density at radius 3 is 2.78 bits per heavy atom. The SMILES string of the molecule is CCCn1c(=O)c(C(=O)NN=Cc2cccc(Cl)c2)c(O)c2ccccc21. The zero-order chi connectivity index (χ0) is 19.4. The highest BCUT2D eigenvalue weighted by atomic mass is 35.5. The van der Waals surface area contributed by atoms with Crippen LogP contribution in [-0.2, 0) is 6.54 Å². The highest BCUT2D eigenvalue weighted by Crippen LogP contribution is 2.26. The molecule has 0 fully saturated rings. The maximum Gasteiger partial charge on any atom is 0.280 e. The van der Waals surface area contributed by atoms with Crippen LogP contribution in [0.2, 0.25) is 5.02 Å². The number of benzene rings is 2. The molecule has 0 saturated carbocycles. The van der Waals surface area contributed by atoms with Crippen molar-refractivity contribution in [1.29, 1.82) is 0 Å². The first kappa shape index (κ1) is 18.7. The number of fused-ring (bicyclic) bond motifs is 1. The fourth-order valence-corrected chi connectivity index (χ4v) is 3.05. The molecule has 0 spiro atoms. The zero-order valence-corrected chi connectivity index (χ0v) is 15.4. The summed E-state index contributed by atoms with van der Waals surface area (Å²) in [5.74, 6) is -1.12. The second-order valence-electron chi connectivity index (χ2n) is 5.95. The van der Waals surface area contributed by atoms with Gasteiger partial charge >= 0.3 is 0 Å². The van der Waals surface area contributed by atoms with Gasteiger partial charge < -0.3 is 9.67 Å². The van der Waals surface area contributed by atoms with E-state index in [0.717, 1.165) is 0 Å². The summed E-state index contributed by atoms with van der Waals surface area (Å²) >= 11 is 5.90. The molecule has 0 aliphatic carbocycles. The van der Waals surface area contributed by atoms with E-state index in [1.165, 1.54) is 10.8 Å². The second-order valence-corrected chi connectivity index (χ2v) is 6.39. The molecule has 3 aromatic rings. The summed E-state index contributed by atoms with van der Waals surface area (Å²) < 4.78 is 1.49. The molecule has 1 aromatic heterocycles. The maximum atomic E-state index is 12.8. The number of amides is 1. The minimum absolute atomic E-state index is 0.328. The van der Waals surface area contributed by atoms with Crippen molar-refractivity contribution in [1.82, 2.24) is 9.99 Å². The molecule has 0 aliphatic heterocycles. The van der Waals surface area contributed by atoms with Crippen LogP contribution in [0.1, 0.15) is 29.3 Å². The van der Waals surface area contributed by atoms with E-state index in [4.69, 9.17) is 11.6 Å². The molecule has 1 amide bonds. The molecular weight excluding hydrogens is 366 g/mol. The molecular formula is C20H18ClN3O3. The third kappa shape index (κ3) is 3.85. The Bertz CT molecular complexity index is 1090. The van der Waals surface area contributed by atoms with Gasteiger partial charge in [-0.1, -0.05) is 42.8 Å². The van der Waals surface area contributed by atoms with Gasteiger partial charge in [0.2, 0.25) is 0 Å². The van der Waals surface area contributed by atoms with Crippen molar-refractivity contribution in [3.8, 4) is 5.75 Å². The fourth-order valence-electron chi connectivity index (χ4n) is 2.85. The Kier molecular flexibility index (Phi) is 5.57. The minimum Gasteiger partial charge on any atom is -0.506 e. The van der Waals surface area contributed by atoms with Gasteiger partial charge in [0.1, 0.15) is 11.3 Å². The van der Waals surface area contributed by atoms with E-state index < -0.39 is 11.5 Å². The Balaban J connectivity index is 1.98. The molecule has 27 heavy (non-hydrogen) atoms. The molecule has 0 atom stereocenters. The largest absolute Gasteiger partial charge is 0.506 e. The summed E-state index contributed by atoms with van der Waals surface area (Å²) in [5.41, 5.74) is 2.69. The predicted molar refractivity (Wildman–Crippen MR) is 107 cm³/mol. The van der Waals surface area contributed by atoms with Gasteiger partial charge in [-0.15, -0.1) is 0 Å². The molecule has 6 nitrogen and oxygen atoms in total. The Labute approximate surface area is 160 Å². The first-order valence-electron chi connectivity index (χ1n) is 8.46. The average Bonchev–Trinajstić information content (AvgIpc) is 2.65. The Morgan fingerprint density at radius 1 is 1.26 bits per heavy atom. The van der Waals surface area contributed by atoms with Gasteiger partial charge in [0.15, 0.2) is 0 Å². The number of hydrazone groups is 1. The van der Waals surface area contributed by atoms with Gasteiger partial charge in [0.25, 0.3) is 11.5 Å². The van der Waals surface area contributed by atoms with Gasteiger partial charge in [-0.05, 0) is 36.2 Å². The average molecular weight is 384 g/mol. The summed E-state index contributed by atoms with van der Waals surface area (Å²) in [6.07, 6.45) is 2.12. The van der Waals surface area contributed by atoms with Crippen LogP contribution < -0.4 is 11.0 Å². The molecule has 0 radical (unpaired) electrons. The van der Waals surface area contributed by atoms with Crippen molar-refractivity contribution < 1.29 is 9.90 Å². The number of aryl methyl sites for hydroxylation is 1. The van der Waals surface area contributed by atoms with E-state index in [9.17, 15) is 14.7 Å². The van der Waals surface area contributed by atoms with Crippen molar-refractivity contribution in [2.45, 2.75) is 19.9 Å². The second kappa shape index (κ2) is 8.05. The number of pyridine rings is 1. The van der Waals surface area contributed by atoms with Crippen LogP contribution in [0, 0.1) is 0 Å². The lowest BCUT2D eigenvalue weighted by atomic mass is 10.1. The molecule has 3 rings (SSSR count). The summed E-state index contributed by atoms with van der Waals surface area (Å²) in [5, 5.41) is 15.3. The monoisotopic (exact) mass is 383 g/mol. The summed E-state index contributed by atoms with van der Waals surface area (Å²) in [6.45, 7) is 2.37. The lowest BCUT2D eigenvalue weighted by molar-refractivity contribution is 0.0950. The lowest BCUT2D eigenvalue weighted by Crippen LogP contribution is -2.31. The van der Waals surface area contributed by atoms with E-state index in [0.29, 0.717) is 34.5 Å². The third-order valence-electron chi connectivity index (χ3n) is 4.05. The van der Waals surface area contributed by atoms with Gasteiger partial charge in [0, 0.05) is 17.0 Å². The number of rotatable bonds is 5. The van der Waals surface area contributed by atoms with Gasteiger partial charge in [0.05, 0.1) is 11.7 Å². The number of aromatic hydroxyl groups is 1. The van der Waals surface area contributed by atoms with Crippen molar-refractivity contribution in [2.75, 3.05) is 0 Å². The van der Waals surface area contributed by atoms with Crippen molar-refractivity contribution in [3.05, 3.63) is 75.0 Å². The van der Waals surface area contributed by atoms with E-state index in [1.54, 1.807) is 48.5 Å².